The zero-order chi connectivity index (χ0) is 28.3. The van der Waals surface area contributed by atoms with Crippen molar-refractivity contribution in [2.24, 2.45) is 0 Å². The van der Waals surface area contributed by atoms with Crippen LogP contribution in [0.3, 0.4) is 0 Å². The number of ether oxygens (including phenoxy) is 1. The first kappa shape index (κ1) is 29.5. The first-order chi connectivity index (χ1) is 19.4. The molecule has 0 aromatic heterocycles. The topological polar surface area (TPSA) is 78.8 Å². The number of benzene rings is 4. The molecule has 0 aliphatic carbocycles. The summed E-state index contributed by atoms with van der Waals surface area (Å²) in [6.45, 7) is 2.82. The van der Waals surface area contributed by atoms with Crippen LogP contribution in [0.15, 0.2) is 103 Å². The van der Waals surface area contributed by atoms with Crippen molar-refractivity contribution in [2.45, 2.75) is 51.0 Å². The van der Waals surface area contributed by atoms with Crippen molar-refractivity contribution in [3.8, 4) is 11.1 Å². The van der Waals surface area contributed by atoms with Gasteiger partial charge in [0.25, 0.3) is 0 Å². The van der Waals surface area contributed by atoms with Crippen molar-refractivity contribution in [1.82, 2.24) is 5.32 Å². The van der Waals surface area contributed by atoms with E-state index in [0.29, 0.717) is 17.2 Å². The molecule has 0 saturated carbocycles. The lowest BCUT2D eigenvalue weighted by Crippen LogP contribution is -2.23. The number of aliphatic carboxylic acids is 1. The maximum atomic E-state index is 10.8. The number of hydrogen-bond donors (Lipinski definition) is 3. The Morgan fingerprint density at radius 1 is 0.825 bits per heavy atom. The minimum Gasteiger partial charge on any atom is -0.481 e. The first-order valence-corrected chi connectivity index (χ1v) is 14.1. The highest BCUT2D eigenvalue weighted by Crippen LogP contribution is 2.39. The molecule has 0 radical (unpaired) electrons. The number of rotatable bonds is 14. The number of aliphatic hydroxyl groups excluding tert-OH is 1. The molecular formula is C34H36ClNO4. The zero-order valence-electron chi connectivity index (χ0n) is 22.7. The Balaban J connectivity index is 1.53. The Kier molecular flexibility index (Phi) is 10.9. The third kappa shape index (κ3) is 8.26. The van der Waals surface area contributed by atoms with Gasteiger partial charge in [0.05, 0.1) is 19.1 Å². The summed E-state index contributed by atoms with van der Waals surface area (Å²) >= 11 is 6.21. The number of carbonyl (C=O) groups is 1. The average molecular weight is 558 g/mol. The van der Waals surface area contributed by atoms with E-state index < -0.39 is 12.2 Å². The van der Waals surface area contributed by atoms with Crippen LogP contribution in [0.5, 0.6) is 0 Å². The molecule has 4 aromatic rings. The van der Waals surface area contributed by atoms with E-state index in [9.17, 15) is 9.90 Å². The van der Waals surface area contributed by atoms with Gasteiger partial charge in [0.1, 0.15) is 6.23 Å². The van der Waals surface area contributed by atoms with Crippen molar-refractivity contribution in [1.29, 1.82) is 0 Å². The Bertz CT molecular complexity index is 1330. The van der Waals surface area contributed by atoms with Gasteiger partial charge in [-0.15, -0.1) is 0 Å². The molecule has 5 nitrogen and oxygen atoms in total. The number of aliphatic hydroxyl groups is 1. The fourth-order valence-corrected chi connectivity index (χ4v) is 5.00. The lowest BCUT2D eigenvalue weighted by atomic mass is 9.85. The number of halogens is 1. The van der Waals surface area contributed by atoms with Crippen molar-refractivity contribution >= 4 is 17.6 Å². The van der Waals surface area contributed by atoms with Crippen LogP contribution >= 0.6 is 11.6 Å². The highest BCUT2D eigenvalue weighted by molar-refractivity contribution is 6.30. The summed E-state index contributed by atoms with van der Waals surface area (Å²) in [6.07, 6.45) is 0.711. The standard InChI is InChI=1S/C34H36ClNO4/c1-2-6-31(27-13-15-29(16-14-27)34(39)36-22-21-32(37)38)33(28-17-19-30(35)20-18-28)40-23-24-9-11-26(12-10-24)25-7-4-3-5-8-25/h3-5,7-20,31,33-34,36,39H,2,6,21-23H2,1H3,(H,37,38). The summed E-state index contributed by atoms with van der Waals surface area (Å²) in [5.74, 6) is -0.821. The molecule has 0 amide bonds. The van der Waals surface area contributed by atoms with E-state index in [1.165, 1.54) is 11.1 Å². The van der Waals surface area contributed by atoms with Crippen LogP contribution in [0.2, 0.25) is 5.02 Å². The van der Waals surface area contributed by atoms with E-state index in [2.05, 4.69) is 48.6 Å². The van der Waals surface area contributed by atoms with Crippen molar-refractivity contribution < 1.29 is 19.7 Å². The van der Waals surface area contributed by atoms with E-state index in [-0.39, 0.29) is 25.0 Å². The van der Waals surface area contributed by atoms with Crippen LogP contribution in [0.1, 0.15) is 66.7 Å². The maximum absolute atomic E-state index is 10.8. The van der Waals surface area contributed by atoms with E-state index in [4.69, 9.17) is 21.4 Å². The van der Waals surface area contributed by atoms with Gasteiger partial charge in [-0.05, 0) is 51.9 Å². The second-order valence-electron chi connectivity index (χ2n) is 9.91. The highest BCUT2D eigenvalue weighted by Gasteiger charge is 2.26. The third-order valence-electron chi connectivity index (χ3n) is 7.01. The smallest absolute Gasteiger partial charge is 0.304 e. The zero-order valence-corrected chi connectivity index (χ0v) is 23.4. The van der Waals surface area contributed by atoms with Crippen LogP contribution in [0, 0.1) is 0 Å². The Labute approximate surface area is 241 Å². The summed E-state index contributed by atoms with van der Waals surface area (Å²) in [7, 11) is 0. The van der Waals surface area contributed by atoms with Crippen LogP contribution in [-0.2, 0) is 16.1 Å². The van der Waals surface area contributed by atoms with Gasteiger partial charge < -0.3 is 14.9 Å². The molecule has 4 rings (SSSR count). The lowest BCUT2D eigenvalue weighted by Gasteiger charge is -2.29. The van der Waals surface area contributed by atoms with Gasteiger partial charge in [-0.3, -0.25) is 10.1 Å². The van der Waals surface area contributed by atoms with E-state index >= 15 is 0 Å². The van der Waals surface area contributed by atoms with Gasteiger partial charge in [-0.2, -0.15) is 0 Å². The predicted octanol–water partition coefficient (Wildman–Crippen LogP) is 7.90. The molecule has 3 N–H and O–H groups in total. The molecule has 0 spiro atoms. The van der Waals surface area contributed by atoms with E-state index in [1.54, 1.807) is 0 Å². The molecule has 4 aromatic carbocycles. The fourth-order valence-electron chi connectivity index (χ4n) is 4.87. The van der Waals surface area contributed by atoms with Gasteiger partial charge >= 0.3 is 5.97 Å². The number of carboxylic acids is 1. The van der Waals surface area contributed by atoms with Crippen molar-refractivity contribution in [2.75, 3.05) is 6.54 Å². The molecule has 0 heterocycles. The van der Waals surface area contributed by atoms with Gasteiger partial charge in [0.2, 0.25) is 0 Å². The summed E-state index contributed by atoms with van der Waals surface area (Å²) in [5.41, 5.74) is 6.31. The van der Waals surface area contributed by atoms with Gasteiger partial charge in [-0.1, -0.05) is 116 Å². The third-order valence-corrected chi connectivity index (χ3v) is 7.26. The minimum absolute atomic E-state index is 0.0528. The minimum atomic E-state index is -0.930. The molecule has 6 heteroatoms. The number of hydrogen-bond acceptors (Lipinski definition) is 4. The second-order valence-corrected chi connectivity index (χ2v) is 10.3. The molecule has 0 bridgehead atoms. The fraction of sp³-hybridized carbons (Fsp3) is 0.265. The van der Waals surface area contributed by atoms with Gasteiger partial charge in [-0.25, -0.2) is 0 Å². The molecule has 3 unspecified atom stereocenters. The summed E-state index contributed by atoms with van der Waals surface area (Å²) in [4.78, 5) is 10.8. The summed E-state index contributed by atoms with van der Waals surface area (Å²) in [6, 6.07) is 34.5. The van der Waals surface area contributed by atoms with Crippen LogP contribution in [0.4, 0.5) is 0 Å². The molecular weight excluding hydrogens is 522 g/mol. The highest BCUT2D eigenvalue weighted by atomic mass is 35.5. The molecule has 0 aliphatic heterocycles. The maximum Gasteiger partial charge on any atom is 0.304 e. The van der Waals surface area contributed by atoms with Gasteiger partial charge in [0.15, 0.2) is 0 Å². The van der Waals surface area contributed by atoms with Gasteiger partial charge in [0, 0.05) is 17.5 Å². The Morgan fingerprint density at radius 2 is 1.43 bits per heavy atom. The molecule has 208 valence electrons. The lowest BCUT2D eigenvalue weighted by molar-refractivity contribution is -0.137. The van der Waals surface area contributed by atoms with E-state index in [0.717, 1.165) is 29.5 Å². The molecule has 3 atom stereocenters. The normalized spacial score (nSPS) is 13.5. The quantitative estimate of drug-likeness (QED) is 0.137. The summed E-state index contributed by atoms with van der Waals surface area (Å²) in [5, 5.41) is 22.8. The first-order valence-electron chi connectivity index (χ1n) is 13.7. The largest absolute Gasteiger partial charge is 0.481 e. The molecule has 0 aliphatic rings. The number of carboxylic acid groups (broad SMARTS) is 1. The van der Waals surface area contributed by atoms with E-state index in [1.807, 2.05) is 66.7 Å². The second kappa shape index (κ2) is 14.8. The Morgan fingerprint density at radius 3 is 2.05 bits per heavy atom. The molecule has 0 saturated heterocycles. The van der Waals surface area contributed by atoms with Crippen LogP contribution in [-0.4, -0.2) is 22.7 Å². The van der Waals surface area contributed by atoms with Crippen molar-refractivity contribution in [3.63, 3.8) is 0 Å². The Hall–Kier alpha value is -3.48. The monoisotopic (exact) mass is 557 g/mol. The molecule has 0 fully saturated rings. The SMILES string of the molecule is CCCC(c1ccc(C(O)NCCC(=O)O)cc1)C(OCc1ccc(-c2ccccc2)cc1)c1ccc(Cl)cc1. The number of nitrogens with one attached hydrogen (secondary N) is 1. The average Bonchev–Trinajstić information content (AvgIpc) is 2.98. The predicted molar refractivity (Wildman–Crippen MR) is 160 cm³/mol. The van der Waals surface area contributed by atoms with Crippen molar-refractivity contribution in [3.05, 3.63) is 130 Å². The van der Waals surface area contributed by atoms with Crippen LogP contribution < -0.4 is 5.32 Å². The molecule has 40 heavy (non-hydrogen) atoms. The van der Waals surface area contributed by atoms with Crippen LogP contribution in [0.25, 0.3) is 11.1 Å². The summed E-state index contributed by atoms with van der Waals surface area (Å²) < 4.78 is 6.66.